The number of nitrogens with zero attached hydrogens (tertiary/aromatic N) is 1. The maximum atomic E-state index is 11.9. The molecule has 0 radical (unpaired) electrons. The highest BCUT2D eigenvalue weighted by molar-refractivity contribution is 5.80. The third-order valence-corrected chi connectivity index (χ3v) is 3.13. The molecule has 0 aromatic rings. The van der Waals surface area contributed by atoms with Gasteiger partial charge >= 0.3 is 12.0 Å². The van der Waals surface area contributed by atoms with E-state index in [1.165, 1.54) is 4.90 Å². The lowest BCUT2D eigenvalue weighted by atomic mass is 9.93. The Kier molecular flexibility index (Phi) is 5.91. The molecule has 0 aromatic carbocycles. The molecule has 0 saturated heterocycles. The topological polar surface area (TPSA) is 89.9 Å². The Hall–Kier alpha value is -1.30. The smallest absolute Gasteiger partial charge is 0.323 e. The largest absolute Gasteiger partial charge is 0.480 e. The molecule has 1 aliphatic rings. The van der Waals surface area contributed by atoms with Crippen molar-refractivity contribution in [2.75, 3.05) is 13.1 Å². The van der Waals surface area contributed by atoms with E-state index in [1.54, 1.807) is 0 Å². The number of aliphatic hydroxyl groups is 1. The first-order valence-electron chi connectivity index (χ1n) is 6.48. The van der Waals surface area contributed by atoms with Crippen LogP contribution >= 0.6 is 0 Å². The zero-order valence-electron chi connectivity index (χ0n) is 10.8. The van der Waals surface area contributed by atoms with E-state index in [1.807, 2.05) is 6.92 Å². The van der Waals surface area contributed by atoms with Crippen molar-refractivity contribution >= 4 is 12.0 Å². The minimum absolute atomic E-state index is 0.0500. The number of hydrogen-bond acceptors (Lipinski definition) is 3. The van der Waals surface area contributed by atoms with E-state index in [0.29, 0.717) is 19.4 Å². The van der Waals surface area contributed by atoms with Gasteiger partial charge in [0.05, 0.1) is 6.10 Å². The summed E-state index contributed by atoms with van der Waals surface area (Å²) < 4.78 is 0. The SMILES string of the molecule is CCCN(CC(=O)O)C(=O)NC1CCC(O)CC1. The Morgan fingerprint density at radius 1 is 1.28 bits per heavy atom. The number of amides is 2. The van der Waals surface area contributed by atoms with Gasteiger partial charge in [-0.3, -0.25) is 4.79 Å². The van der Waals surface area contributed by atoms with E-state index in [2.05, 4.69) is 5.32 Å². The van der Waals surface area contributed by atoms with E-state index in [0.717, 1.165) is 19.3 Å². The van der Waals surface area contributed by atoms with E-state index in [-0.39, 0.29) is 24.7 Å². The molecular weight excluding hydrogens is 236 g/mol. The second-order valence-corrected chi connectivity index (χ2v) is 4.77. The zero-order chi connectivity index (χ0) is 13.5. The normalized spacial score (nSPS) is 23.4. The molecule has 1 saturated carbocycles. The summed E-state index contributed by atoms with van der Waals surface area (Å²) in [4.78, 5) is 23.9. The number of rotatable bonds is 5. The summed E-state index contributed by atoms with van der Waals surface area (Å²) in [7, 11) is 0. The quantitative estimate of drug-likeness (QED) is 0.680. The zero-order valence-corrected chi connectivity index (χ0v) is 10.8. The maximum Gasteiger partial charge on any atom is 0.323 e. The molecule has 0 bridgehead atoms. The first-order chi connectivity index (χ1) is 8.52. The summed E-state index contributed by atoms with van der Waals surface area (Å²) in [5.74, 6) is -1.00. The molecule has 2 amide bonds. The number of nitrogens with one attached hydrogen (secondary N) is 1. The van der Waals surface area contributed by atoms with Gasteiger partial charge in [-0.1, -0.05) is 6.92 Å². The van der Waals surface area contributed by atoms with Crippen LogP contribution in [0.4, 0.5) is 4.79 Å². The number of aliphatic carboxylic acids is 1. The van der Waals surface area contributed by atoms with Gasteiger partial charge in [0.25, 0.3) is 0 Å². The van der Waals surface area contributed by atoms with E-state index < -0.39 is 5.97 Å². The highest BCUT2D eigenvalue weighted by Crippen LogP contribution is 2.18. The minimum Gasteiger partial charge on any atom is -0.480 e. The molecule has 18 heavy (non-hydrogen) atoms. The number of urea groups is 1. The van der Waals surface area contributed by atoms with Crippen LogP contribution in [0.3, 0.4) is 0 Å². The van der Waals surface area contributed by atoms with Gasteiger partial charge in [0.1, 0.15) is 6.54 Å². The van der Waals surface area contributed by atoms with Crippen LogP contribution in [-0.4, -0.2) is 52.3 Å². The lowest BCUT2D eigenvalue weighted by molar-refractivity contribution is -0.137. The molecule has 0 aromatic heterocycles. The van der Waals surface area contributed by atoms with Crippen LogP contribution in [0.1, 0.15) is 39.0 Å². The summed E-state index contributed by atoms with van der Waals surface area (Å²) in [6.07, 6.45) is 3.35. The molecule has 1 rings (SSSR count). The van der Waals surface area contributed by atoms with E-state index in [4.69, 9.17) is 5.11 Å². The Bertz CT molecular complexity index is 288. The van der Waals surface area contributed by atoms with Gasteiger partial charge in [-0.05, 0) is 32.1 Å². The molecule has 1 aliphatic carbocycles. The van der Waals surface area contributed by atoms with Crippen LogP contribution in [-0.2, 0) is 4.79 Å². The number of carbonyl (C=O) groups excluding carboxylic acids is 1. The number of carboxylic acids is 1. The van der Waals surface area contributed by atoms with Crippen molar-refractivity contribution in [1.82, 2.24) is 10.2 Å². The highest BCUT2D eigenvalue weighted by Gasteiger charge is 2.23. The van der Waals surface area contributed by atoms with E-state index in [9.17, 15) is 14.7 Å². The number of aliphatic hydroxyl groups excluding tert-OH is 1. The van der Waals surface area contributed by atoms with Gasteiger partial charge in [-0.25, -0.2) is 4.79 Å². The van der Waals surface area contributed by atoms with Crippen LogP contribution in [0.15, 0.2) is 0 Å². The minimum atomic E-state index is -1.00. The molecular formula is C12H22N2O4. The predicted molar refractivity (Wildman–Crippen MR) is 66.3 cm³/mol. The average Bonchev–Trinajstić information content (AvgIpc) is 2.31. The maximum absolute atomic E-state index is 11.9. The molecule has 0 aliphatic heterocycles. The molecule has 6 nitrogen and oxygen atoms in total. The van der Waals surface area contributed by atoms with Gasteiger partial charge in [0.15, 0.2) is 0 Å². The van der Waals surface area contributed by atoms with Gasteiger partial charge in [0, 0.05) is 12.6 Å². The molecule has 104 valence electrons. The summed E-state index contributed by atoms with van der Waals surface area (Å²) in [5, 5.41) is 21.0. The molecule has 0 atom stereocenters. The Balaban J connectivity index is 2.42. The lowest BCUT2D eigenvalue weighted by Crippen LogP contribution is -2.48. The monoisotopic (exact) mass is 258 g/mol. The third-order valence-electron chi connectivity index (χ3n) is 3.13. The molecule has 1 fully saturated rings. The van der Waals surface area contributed by atoms with Crippen molar-refractivity contribution in [2.45, 2.75) is 51.2 Å². The van der Waals surface area contributed by atoms with Gasteiger partial charge in [-0.2, -0.15) is 0 Å². The van der Waals surface area contributed by atoms with Crippen LogP contribution in [0, 0.1) is 0 Å². The first kappa shape index (κ1) is 14.8. The first-order valence-corrected chi connectivity index (χ1v) is 6.48. The lowest BCUT2D eigenvalue weighted by Gasteiger charge is -2.29. The van der Waals surface area contributed by atoms with Crippen molar-refractivity contribution in [2.24, 2.45) is 0 Å². The van der Waals surface area contributed by atoms with Crippen molar-refractivity contribution in [3.63, 3.8) is 0 Å². The fourth-order valence-electron chi connectivity index (χ4n) is 2.17. The third kappa shape index (κ3) is 4.91. The summed E-state index contributed by atoms with van der Waals surface area (Å²) in [5.41, 5.74) is 0. The van der Waals surface area contributed by atoms with Crippen LogP contribution < -0.4 is 5.32 Å². The molecule has 3 N–H and O–H groups in total. The summed E-state index contributed by atoms with van der Waals surface area (Å²) in [6.45, 7) is 2.07. The van der Waals surface area contributed by atoms with Crippen LogP contribution in [0.2, 0.25) is 0 Å². The number of carboxylic acid groups (broad SMARTS) is 1. The highest BCUT2D eigenvalue weighted by atomic mass is 16.4. The molecule has 0 unspecified atom stereocenters. The van der Waals surface area contributed by atoms with Crippen LogP contribution in [0.5, 0.6) is 0 Å². The number of hydrogen-bond donors (Lipinski definition) is 3. The fraction of sp³-hybridized carbons (Fsp3) is 0.833. The van der Waals surface area contributed by atoms with Gasteiger partial charge < -0.3 is 20.4 Å². The van der Waals surface area contributed by atoms with Crippen molar-refractivity contribution < 1.29 is 19.8 Å². The second-order valence-electron chi connectivity index (χ2n) is 4.77. The molecule has 0 spiro atoms. The standard InChI is InChI=1S/C12H22N2O4/c1-2-7-14(8-11(16)17)12(18)13-9-3-5-10(15)6-4-9/h9-10,15H,2-8H2,1H3,(H,13,18)(H,16,17). The van der Waals surface area contributed by atoms with Crippen molar-refractivity contribution in [1.29, 1.82) is 0 Å². The van der Waals surface area contributed by atoms with Crippen LogP contribution in [0.25, 0.3) is 0 Å². The fourth-order valence-corrected chi connectivity index (χ4v) is 2.17. The Morgan fingerprint density at radius 3 is 2.39 bits per heavy atom. The van der Waals surface area contributed by atoms with Gasteiger partial charge in [0.2, 0.25) is 0 Å². The summed E-state index contributed by atoms with van der Waals surface area (Å²) in [6, 6.07) is -0.269. The Labute approximate surface area is 107 Å². The molecule has 0 heterocycles. The predicted octanol–water partition coefficient (Wildman–Crippen LogP) is 0.796. The van der Waals surface area contributed by atoms with Crippen molar-refractivity contribution in [3.05, 3.63) is 0 Å². The Morgan fingerprint density at radius 2 is 1.89 bits per heavy atom. The van der Waals surface area contributed by atoms with Crippen molar-refractivity contribution in [3.8, 4) is 0 Å². The molecule has 6 heteroatoms. The van der Waals surface area contributed by atoms with Gasteiger partial charge in [-0.15, -0.1) is 0 Å². The summed E-state index contributed by atoms with van der Waals surface area (Å²) >= 11 is 0. The number of carbonyl (C=O) groups is 2. The van der Waals surface area contributed by atoms with E-state index >= 15 is 0 Å². The average molecular weight is 258 g/mol. The second kappa shape index (κ2) is 7.20.